The van der Waals surface area contributed by atoms with Gasteiger partial charge in [-0.2, -0.15) is 5.10 Å². The maximum absolute atomic E-state index is 12.6. The highest BCUT2D eigenvalue weighted by Gasteiger charge is 2.20. The molecule has 0 radical (unpaired) electrons. The molecular weight excluding hydrogens is 578 g/mol. The van der Waals surface area contributed by atoms with Gasteiger partial charge in [0, 0.05) is 34.4 Å². The molecule has 12 heteroatoms. The molecule has 0 saturated carbocycles. The number of nitro benzene ring substituents is 1. The van der Waals surface area contributed by atoms with Crippen LogP contribution in [0.15, 0.2) is 107 Å². The van der Waals surface area contributed by atoms with Crippen molar-refractivity contribution in [2.45, 2.75) is 20.5 Å². The fourth-order valence-electron chi connectivity index (χ4n) is 4.52. The Labute approximate surface area is 258 Å². The Hall–Kier alpha value is -6.17. The number of aromatic nitrogens is 1. The quantitative estimate of drug-likeness (QED) is 0.101. The number of ether oxygens (including phenoxy) is 2. The minimum Gasteiger partial charge on any atom is -0.486 e. The molecule has 0 aliphatic heterocycles. The van der Waals surface area contributed by atoms with Crippen LogP contribution in [0.3, 0.4) is 0 Å². The van der Waals surface area contributed by atoms with Crippen molar-refractivity contribution in [2.24, 2.45) is 5.10 Å². The molecule has 0 aliphatic rings. The second kappa shape index (κ2) is 13.9. The average molecular weight is 608 g/mol. The third-order valence-corrected chi connectivity index (χ3v) is 6.63. The van der Waals surface area contributed by atoms with Crippen molar-refractivity contribution < 1.29 is 28.4 Å². The molecule has 0 spiro atoms. The average Bonchev–Trinajstić information content (AvgIpc) is 3.65. The number of hydrazone groups is 1. The predicted molar refractivity (Wildman–Crippen MR) is 167 cm³/mol. The zero-order chi connectivity index (χ0) is 31.8. The van der Waals surface area contributed by atoms with Gasteiger partial charge >= 0.3 is 11.6 Å². The zero-order valence-electron chi connectivity index (χ0n) is 24.4. The van der Waals surface area contributed by atoms with Gasteiger partial charge in [0.25, 0.3) is 5.91 Å². The molecule has 2 amide bonds. The predicted octanol–water partition coefficient (Wildman–Crippen LogP) is 5.96. The van der Waals surface area contributed by atoms with Crippen molar-refractivity contribution in [2.75, 3.05) is 11.9 Å². The van der Waals surface area contributed by atoms with Gasteiger partial charge in [0.15, 0.2) is 12.4 Å². The molecule has 2 heterocycles. The SMILES string of the molecule is Cc1ccc(C)n1-c1ccc(OCc2ccc(C(=O)N/N=C/c3cccc([N+](=O)[O-])c3OCC(=O)Nc3ccccc3)o2)cc1. The number of nitrogens with one attached hydrogen (secondary N) is 2. The molecule has 5 rings (SSSR count). The Balaban J connectivity index is 1.17. The Morgan fingerprint density at radius 2 is 1.64 bits per heavy atom. The van der Waals surface area contributed by atoms with Crippen LogP contribution in [0, 0.1) is 24.0 Å². The fourth-order valence-corrected chi connectivity index (χ4v) is 4.52. The van der Waals surface area contributed by atoms with Crippen molar-refractivity contribution in [1.82, 2.24) is 9.99 Å². The maximum atomic E-state index is 12.6. The molecular formula is C33H29N5O7. The van der Waals surface area contributed by atoms with E-state index in [0.717, 1.165) is 17.1 Å². The molecule has 12 nitrogen and oxygen atoms in total. The minimum atomic E-state index is -0.644. The summed E-state index contributed by atoms with van der Waals surface area (Å²) in [6.45, 7) is 3.71. The number of carbonyl (C=O) groups excluding carboxylic acids is 2. The van der Waals surface area contributed by atoms with Crippen LogP contribution >= 0.6 is 0 Å². The first-order chi connectivity index (χ1) is 21.8. The van der Waals surface area contributed by atoms with E-state index < -0.39 is 23.3 Å². The molecule has 2 aromatic heterocycles. The molecule has 45 heavy (non-hydrogen) atoms. The number of para-hydroxylation sites is 2. The summed E-state index contributed by atoms with van der Waals surface area (Å²) in [6, 6.07) is 27.8. The van der Waals surface area contributed by atoms with Gasteiger partial charge in [-0.15, -0.1) is 0 Å². The van der Waals surface area contributed by atoms with Gasteiger partial charge < -0.3 is 23.8 Å². The number of nitrogens with zero attached hydrogens (tertiary/aromatic N) is 3. The van der Waals surface area contributed by atoms with Crippen LogP contribution < -0.4 is 20.2 Å². The lowest BCUT2D eigenvalue weighted by atomic mass is 10.2. The second-order valence-corrected chi connectivity index (χ2v) is 9.85. The Morgan fingerprint density at radius 3 is 2.36 bits per heavy atom. The first-order valence-corrected chi connectivity index (χ1v) is 13.8. The molecule has 0 fully saturated rings. The summed E-state index contributed by atoms with van der Waals surface area (Å²) in [4.78, 5) is 35.9. The van der Waals surface area contributed by atoms with Crippen LogP contribution in [0.5, 0.6) is 11.5 Å². The standard InChI is InChI=1S/C33H29N5O7/c1-22-11-12-23(2)37(22)26-13-15-27(16-14-26)43-20-28-17-18-30(45-28)33(40)36-34-19-24-7-6-10-29(38(41)42)32(24)44-21-31(39)35-25-8-4-3-5-9-25/h3-19H,20-21H2,1-2H3,(H,35,39)(H,36,40)/b34-19+. The van der Waals surface area contributed by atoms with Crippen LogP contribution in [0.4, 0.5) is 11.4 Å². The van der Waals surface area contributed by atoms with E-state index in [4.69, 9.17) is 13.9 Å². The highest BCUT2D eigenvalue weighted by atomic mass is 16.6. The zero-order valence-corrected chi connectivity index (χ0v) is 24.4. The third kappa shape index (κ3) is 7.62. The number of rotatable bonds is 12. The lowest BCUT2D eigenvalue weighted by molar-refractivity contribution is -0.385. The largest absolute Gasteiger partial charge is 0.486 e. The topological polar surface area (TPSA) is 150 Å². The highest BCUT2D eigenvalue weighted by molar-refractivity contribution is 5.94. The van der Waals surface area contributed by atoms with E-state index in [1.54, 1.807) is 36.4 Å². The summed E-state index contributed by atoms with van der Waals surface area (Å²) in [5, 5.41) is 18.1. The summed E-state index contributed by atoms with van der Waals surface area (Å²) >= 11 is 0. The second-order valence-electron chi connectivity index (χ2n) is 9.85. The van der Waals surface area contributed by atoms with E-state index in [1.807, 2.05) is 38.1 Å². The van der Waals surface area contributed by atoms with Crippen LogP contribution in [-0.4, -0.2) is 34.1 Å². The summed E-state index contributed by atoms with van der Waals surface area (Å²) in [7, 11) is 0. The third-order valence-electron chi connectivity index (χ3n) is 6.63. The van der Waals surface area contributed by atoms with Gasteiger partial charge in [-0.3, -0.25) is 19.7 Å². The molecule has 0 atom stereocenters. The number of anilines is 1. The van der Waals surface area contributed by atoms with Crippen LogP contribution in [-0.2, 0) is 11.4 Å². The smallest absolute Gasteiger partial charge is 0.311 e. The molecule has 3 aromatic carbocycles. The summed E-state index contributed by atoms with van der Waals surface area (Å²) in [6.07, 6.45) is 1.18. The van der Waals surface area contributed by atoms with E-state index in [2.05, 4.69) is 32.5 Å². The van der Waals surface area contributed by atoms with Crippen LogP contribution in [0.25, 0.3) is 5.69 Å². The molecule has 2 N–H and O–H groups in total. The van der Waals surface area contributed by atoms with Gasteiger partial charge in [-0.05, 0) is 80.6 Å². The number of nitro groups is 1. The first-order valence-electron chi connectivity index (χ1n) is 13.8. The van der Waals surface area contributed by atoms with Gasteiger partial charge in [0.05, 0.1) is 11.1 Å². The van der Waals surface area contributed by atoms with Crippen molar-refractivity contribution in [1.29, 1.82) is 0 Å². The highest BCUT2D eigenvalue weighted by Crippen LogP contribution is 2.30. The lowest BCUT2D eigenvalue weighted by Crippen LogP contribution is -2.21. The van der Waals surface area contributed by atoms with Crippen molar-refractivity contribution in [3.05, 3.63) is 136 Å². The number of carbonyl (C=O) groups is 2. The minimum absolute atomic E-state index is 0.00671. The van der Waals surface area contributed by atoms with Gasteiger partial charge in [-0.25, -0.2) is 5.43 Å². The molecule has 228 valence electrons. The Morgan fingerprint density at radius 1 is 0.911 bits per heavy atom. The van der Waals surface area contributed by atoms with Crippen molar-refractivity contribution in [3.8, 4) is 17.2 Å². The normalized spacial score (nSPS) is 10.9. The number of amides is 2. The van der Waals surface area contributed by atoms with Crippen molar-refractivity contribution >= 4 is 29.4 Å². The summed E-state index contributed by atoms with van der Waals surface area (Å²) in [5.41, 5.74) is 5.99. The molecule has 0 aliphatic carbocycles. The van der Waals surface area contributed by atoms with E-state index in [0.29, 0.717) is 17.2 Å². The molecule has 0 unspecified atom stereocenters. The summed E-state index contributed by atoms with van der Waals surface area (Å²) in [5.74, 6) is -0.267. The van der Waals surface area contributed by atoms with Crippen LogP contribution in [0.1, 0.15) is 33.3 Å². The summed E-state index contributed by atoms with van der Waals surface area (Å²) < 4.78 is 19.1. The monoisotopic (exact) mass is 607 g/mol. The van der Waals surface area contributed by atoms with Crippen LogP contribution in [0.2, 0.25) is 0 Å². The molecule has 0 bridgehead atoms. The molecule has 0 saturated heterocycles. The van der Waals surface area contributed by atoms with E-state index in [1.165, 1.54) is 30.5 Å². The fraction of sp³-hybridized carbons (Fsp3) is 0.121. The van der Waals surface area contributed by atoms with E-state index in [-0.39, 0.29) is 29.4 Å². The number of hydrogen-bond donors (Lipinski definition) is 2. The number of hydrogen-bond acceptors (Lipinski definition) is 8. The Kier molecular flexibility index (Phi) is 9.34. The van der Waals surface area contributed by atoms with Gasteiger partial charge in [-0.1, -0.05) is 24.3 Å². The number of aryl methyl sites for hydroxylation is 2. The number of benzene rings is 3. The maximum Gasteiger partial charge on any atom is 0.311 e. The first kappa shape index (κ1) is 30.3. The number of furan rings is 1. The van der Waals surface area contributed by atoms with Gasteiger partial charge in [0.1, 0.15) is 18.1 Å². The van der Waals surface area contributed by atoms with Crippen molar-refractivity contribution in [3.63, 3.8) is 0 Å². The molecule has 5 aromatic rings. The Bertz CT molecular complexity index is 1820. The van der Waals surface area contributed by atoms with E-state index >= 15 is 0 Å². The van der Waals surface area contributed by atoms with E-state index in [9.17, 15) is 19.7 Å². The van der Waals surface area contributed by atoms with Gasteiger partial charge in [0.2, 0.25) is 5.75 Å². The lowest BCUT2D eigenvalue weighted by Gasteiger charge is -2.10.